The molecular weight excluding hydrogens is 268 g/mol. The second kappa shape index (κ2) is 4.82. The van der Waals surface area contributed by atoms with Gasteiger partial charge in [0.2, 0.25) is 15.9 Å². The van der Waals surface area contributed by atoms with Gasteiger partial charge in [0.05, 0.1) is 17.4 Å². The van der Waals surface area contributed by atoms with Gasteiger partial charge in [0.25, 0.3) is 0 Å². The van der Waals surface area contributed by atoms with E-state index in [4.69, 9.17) is 9.88 Å². The molecule has 1 unspecified atom stereocenters. The van der Waals surface area contributed by atoms with Crippen LogP contribution in [0.5, 0.6) is 5.75 Å². The molecule has 2 N–H and O–H groups in total. The Hall–Kier alpha value is -1.60. The highest BCUT2D eigenvalue weighted by Crippen LogP contribution is 2.35. The zero-order chi connectivity index (χ0) is 14.2. The Balaban J connectivity index is 2.50. The van der Waals surface area contributed by atoms with Gasteiger partial charge in [-0.15, -0.1) is 0 Å². The molecule has 0 radical (unpaired) electrons. The fraction of sp³-hybridized carbons (Fsp3) is 0.417. The number of sulfonamides is 1. The van der Waals surface area contributed by atoms with Crippen LogP contribution in [0.2, 0.25) is 0 Å². The summed E-state index contributed by atoms with van der Waals surface area (Å²) in [4.78, 5) is 13.6. The van der Waals surface area contributed by atoms with E-state index < -0.39 is 10.0 Å². The summed E-state index contributed by atoms with van der Waals surface area (Å²) in [5.41, 5.74) is 0.580. The van der Waals surface area contributed by atoms with Crippen molar-refractivity contribution in [2.24, 2.45) is 5.14 Å². The van der Waals surface area contributed by atoms with Crippen molar-refractivity contribution < 1.29 is 17.9 Å². The second-order valence-electron chi connectivity index (χ2n) is 4.67. The minimum atomic E-state index is -3.79. The maximum Gasteiger partial charge on any atom is 0.238 e. The first-order valence-electron chi connectivity index (χ1n) is 5.81. The first kappa shape index (κ1) is 13.8. The molecule has 0 fully saturated rings. The molecule has 1 atom stereocenters. The average Bonchev–Trinajstić information content (AvgIpc) is 2.35. The number of fused-ring (bicyclic) bond motifs is 1. The lowest BCUT2D eigenvalue weighted by molar-refractivity contribution is -0.130. The zero-order valence-electron chi connectivity index (χ0n) is 10.8. The molecule has 1 aliphatic heterocycles. The summed E-state index contributed by atoms with van der Waals surface area (Å²) in [5, 5.41) is 5.11. The number of carbonyl (C=O) groups excluding carboxylic acids is 1. The van der Waals surface area contributed by atoms with Crippen LogP contribution >= 0.6 is 0 Å². The lowest BCUT2D eigenvalue weighted by Gasteiger charge is -2.27. The number of carbonyl (C=O) groups is 1. The molecule has 0 saturated heterocycles. The number of primary sulfonamides is 1. The summed E-state index contributed by atoms with van der Waals surface area (Å²) in [6.45, 7) is 0.436. The summed E-state index contributed by atoms with van der Waals surface area (Å²) >= 11 is 0. The third-order valence-corrected chi connectivity index (χ3v) is 4.00. The van der Waals surface area contributed by atoms with Crippen LogP contribution in [0, 0.1) is 0 Å². The number of rotatable bonds is 2. The minimum Gasteiger partial charge on any atom is -0.493 e. The molecule has 1 amide bonds. The van der Waals surface area contributed by atoms with E-state index in [2.05, 4.69) is 0 Å². The standard InChI is InChI=1S/C12H16N2O4S/c1-14(2)12(15)9-5-6-18-11-4-3-8(7-10(9)11)19(13,16)17/h3-4,7,9H,5-6H2,1-2H3,(H2,13,16,17). The Morgan fingerprint density at radius 2 is 2.11 bits per heavy atom. The van der Waals surface area contributed by atoms with Crippen molar-refractivity contribution in [1.29, 1.82) is 0 Å². The molecule has 1 aliphatic rings. The van der Waals surface area contributed by atoms with Crippen molar-refractivity contribution in [2.75, 3.05) is 20.7 Å². The number of hydrogen-bond donors (Lipinski definition) is 1. The molecular formula is C12H16N2O4S. The number of hydrogen-bond acceptors (Lipinski definition) is 4. The van der Waals surface area contributed by atoms with Crippen LogP contribution in [0.1, 0.15) is 17.9 Å². The van der Waals surface area contributed by atoms with Gasteiger partial charge in [0.1, 0.15) is 5.75 Å². The molecule has 0 bridgehead atoms. The Morgan fingerprint density at radius 1 is 1.42 bits per heavy atom. The predicted octanol–water partition coefficient (Wildman–Crippen LogP) is 0.288. The molecule has 0 saturated carbocycles. The average molecular weight is 284 g/mol. The number of ether oxygens (including phenoxy) is 1. The number of nitrogens with two attached hydrogens (primary N) is 1. The van der Waals surface area contributed by atoms with E-state index in [9.17, 15) is 13.2 Å². The third kappa shape index (κ3) is 2.71. The highest BCUT2D eigenvalue weighted by Gasteiger charge is 2.29. The maximum atomic E-state index is 12.1. The summed E-state index contributed by atoms with van der Waals surface area (Å²) in [5.74, 6) is 0.0791. The minimum absolute atomic E-state index is 0.00620. The van der Waals surface area contributed by atoms with Gasteiger partial charge in [-0.2, -0.15) is 0 Å². The molecule has 0 aromatic heterocycles. The van der Waals surface area contributed by atoms with E-state index in [1.54, 1.807) is 20.2 Å². The van der Waals surface area contributed by atoms with Crippen molar-refractivity contribution in [2.45, 2.75) is 17.2 Å². The molecule has 0 spiro atoms. The smallest absolute Gasteiger partial charge is 0.238 e. The Morgan fingerprint density at radius 3 is 2.68 bits per heavy atom. The van der Waals surface area contributed by atoms with Gasteiger partial charge in [-0.1, -0.05) is 0 Å². The van der Waals surface area contributed by atoms with E-state index in [1.807, 2.05) is 0 Å². The first-order valence-corrected chi connectivity index (χ1v) is 7.36. The summed E-state index contributed by atoms with van der Waals surface area (Å²) in [6, 6.07) is 4.36. The highest BCUT2D eigenvalue weighted by molar-refractivity contribution is 7.89. The largest absolute Gasteiger partial charge is 0.493 e. The van der Waals surface area contributed by atoms with E-state index in [-0.39, 0.29) is 16.7 Å². The fourth-order valence-electron chi connectivity index (χ4n) is 2.12. The Kier molecular flexibility index (Phi) is 3.51. The number of amides is 1. The third-order valence-electron chi connectivity index (χ3n) is 3.09. The van der Waals surface area contributed by atoms with Crippen LogP contribution in [-0.4, -0.2) is 39.9 Å². The topological polar surface area (TPSA) is 89.7 Å². The van der Waals surface area contributed by atoms with Gasteiger partial charge in [-0.25, -0.2) is 13.6 Å². The molecule has 1 heterocycles. The molecule has 2 rings (SSSR count). The van der Waals surface area contributed by atoms with Crippen LogP contribution in [0.3, 0.4) is 0 Å². The second-order valence-corrected chi connectivity index (χ2v) is 6.23. The predicted molar refractivity (Wildman–Crippen MR) is 69.4 cm³/mol. The first-order chi connectivity index (χ1) is 8.80. The summed E-state index contributed by atoms with van der Waals surface area (Å²) in [7, 11) is -0.451. The Bertz CT molecular complexity index is 610. The number of benzene rings is 1. The van der Waals surface area contributed by atoms with Crippen LogP contribution in [-0.2, 0) is 14.8 Å². The SMILES string of the molecule is CN(C)C(=O)C1CCOc2ccc(S(N)(=O)=O)cc21. The van der Waals surface area contributed by atoms with E-state index >= 15 is 0 Å². The zero-order valence-corrected chi connectivity index (χ0v) is 11.6. The van der Waals surface area contributed by atoms with Gasteiger partial charge in [0.15, 0.2) is 0 Å². The molecule has 1 aromatic rings. The van der Waals surface area contributed by atoms with Crippen LogP contribution in [0.15, 0.2) is 23.1 Å². The molecule has 6 nitrogen and oxygen atoms in total. The lowest BCUT2D eigenvalue weighted by atomic mass is 9.92. The maximum absolute atomic E-state index is 12.1. The molecule has 7 heteroatoms. The quantitative estimate of drug-likeness (QED) is 0.845. The van der Waals surface area contributed by atoms with Crippen molar-refractivity contribution in [3.63, 3.8) is 0 Å². The molecule has 19 heavy (non-hydrogen) atoms. The van der Waals surface area contributed by atoms with Gasteiger partial charge in [0, 0.05) is 19.7 Å². The van der Waals surface area contributed by atoms with Crippen molar-refractivity contribution >= 4 is 15.9 Å². The van der Waals surface area contributed by atoms with Gasteiger partial charge >= 0.3 is 0 Å². The van der Waals surface area contributed by atoms with Gasteiger partial charge < -0.3 is 9.64 Å². The van der Waals surface area contributed by atoms with E-state index in [1.165, 1.54) is 17.0 Å². The molecule has 1 aromatic carbocycles. The monoisotopic (exact) mass is 284 g/mol. The van der Waals surface area contributed by atoms with Crippen molar-refractivity contribution in [3.05, 3.63) is 23.8 Å². The summed E-state index contributed by atoms with van der Waals surface area (Å²) in [6.07, 6.45) is 0.526. The molecule has 104 valence electrons. The molecule has 0 aliphatic carbocycles. The lowest BCUT2D eigenvalue weighted by Crippen LogP contribution is -2.31. The van der Waals surface area contributed by atoms with E-state index in [0.29, 0.717) is 24.3 Å². The van der Waals surface area contributed by atoms with Crippen LogP contribution in [0.4, 0.5) is 0 Å². The normalized spacial score (nSPS) is 18.4. The van der Waals surface area contributed by atoms with Crippen LogP contribution < -0.4 is 9.88 Å². The Labute approximate surface area is 112 Å². The van der Waals surface area contributed by atoms with Crippen LogP contribution in [0.25, 0.3) is 0 Å². The number of likely N-dealkylation sites (N-methyl/N-ethyl adjacent to an activating group) is 1. The van der Waals surface area contributed by atoms with Gasteiger partial charge in [-0.3, -0.25) is 4.79 Å². The van der Waals surface area contributed by atoms with E-state index in [0.717, 1.165) is 0 Å². The van der Waals surface area contributed by atoms with Crippen molar-refractivity contribution in [1.82, 2.24) is 4.90 Å². The fourth-order valence-corrected chi connectivity index (χ4v) is 2.67. The summed E-state index contributed by atoms with van der Waals surface area (Å²) < 4.78 is 28.2. The highest BCUT2D eigenvalue weighted by atomic mass is 32.2. The van der Waals surface area contributed by atoms with Gasteiger partial charge in [-0.05, 0) is 24.6 Å². The number of nitrogens with zero attached hydrogens (tertiary/aromatic N) is 1. The van der Waals surface area contributed by atoms with Crippen molar-refractivity contribution in [3.8, 4) is 5.75 Å².